The minimum atomic E-state index is 0.306. The van der Waals surface area contributed by atoms with Gasteiger partial charge in [0.2, 0.25) is 5.95 Å². The lowest BCUT2D eigenvalue weighted by Crippen LogP contribution is -1.93. The van der Waals surface area contributed by atoms with Crippen LogP contribution in [0.1, 0.15) is 5.56 Å². The van der Waals surface area contributed by atoms with Crippen LogP contribution < -0.4 is 5.73 Å². The molecule has 0 saturated heterocycles. The van der Waals surface area contributed by atoms with Gasteiger partial charge in [-0.1, -0.05) is 29.8 Å². The van der Waals surface area contributed by atoms with Crippen molar-refractivity contribution in [3.05, 3.63) is 42.2 Å². The average Bonchev–Trinajstić information content (AvgIpc) is 2.21. The van der Waals surface area contributed by atoms with Gasteiger partial charge in [-0.2, -0.15) is 0 Å². The van der Waals surface area contributed by atoms with Crippen molar-refractivity contribution < 1.29 is 0 Å². The minimum absolute atomic E-state index is 0.306. The molecule has 0 aliphatic rings. The van der Waals surface area contributed by atoms with E-state index in [9.17, 15) is 0 Å². The monoisotopic (exact) mass is 185 g/mol. The van der Waals surface area contributed by atoms with Crippen molar-refractivity contribution in [2.24, 2.45) is 0 Å². The van der Waals surface area contributed by atoms with Crippen LogP contribution in [0.25, 0.3) is 11.1 Å². The van der Waals surface area contributed by atoms with E-state index in [1.807, 2.05) is 12.1 Å². The van der Waals surface area contributed by atoms with Crippen LogP contribution in [-0.4, -0.2) is 9.97 Å². The summed E-state index contributed by atoms with van der Waals surface area (Å²) >= 11 is 0. The Balaban J connectivity index is 2.40. The molecule has 2 N–H and O–H groups in total. The van der Waals surface area contributed by atoms with Gasteiger partial charge in [0.25, 0.3) is 0 Å². The first kappa shape index (κ1) is 8.69. The van der Waals surface area contributed by atoms with Gasteiger partial charge in [-0.25, -0.2) is 9.97 Å². The molecule has 1 aromatic heterocycles. The number of nitrogens with two attached hydrogens (primary N) is 1. The van der Waals surface area contributed by atoms with Gasteiger partial charge in [0, 0.05) is 18.0 Å². The lowest BCUT2D eigenvalue weighted by Gasteiger charge is -2.00. The molecule has 0 atom stereocenters. The fourth-order valence-electron chi connectivity index (χ4n) is 1.23. The number of benzene rings is 1. The molecule has 3 nitrogen and oxygen atoms in total. The maximum atomic E-state index is 5.41. The highest BCUT2D eigenvalue weighted by Crippen LogP contribution is 2.17. The summed E-state index contributed by atoms with van der Waals surface area (Å²) in [7, 11) is 0. The predicted molar refractivity (Wildman–Crippen MR) is 56.6 cm³/mol. The second-order valence-corrected chi connectivity index (χ2v) is 3.20. The van der Waals surface area contributed by atoms with Gasteiger partial charge < -0.3 is 5.73 Å². The second kappa shape index (κ2) is 3.46. The summed E-state index contributed by atoms with van der Waals surface area (Å²) in [4.78, 5) is 7.89. The highest BCUT2D eigenvalue weighted by molar-refractivity contribution is 5.62. The molecule has 0 aliphatic heterocycles. The van der Waals surface area contributed by atoms with E-state index in [-0.39, 0.29) is 0 Å². The van der Waals surface area contributed by atoms with Gasteiger partial charge in [-0.05, 0) is 12.5 Å². The van der Waals surface area contributed by atoms with Crippen LogP contribution in [0.5, 0.6) is 0 Å². The third-order valence-corrected chi connectivity index (χ3v) is 2.06. The zero-order valence-corrected chi connectivity index (χ0v) is 7.94. The van der Waals surface area contributed by atoms with E-state index in [1.165, 1.54) is 5.56 Å². The number of aryl methyl sites for hydroxylation is 1. The van der Waals surface area contributed by atoms with Gasteiger partial charge in [-0.3, -0.25) is 0 Å². The molecule has 0 fully saturated rings. The number of hydrogen-bond acceptors (Lipinski definition) is 3. The Morgan fingerprint density at radius 3 is 2.07 bits per heavy atom. The summed E-state index contributed by atoms with van der Waals surface area (Å²) < 4.78 is 0. The molecule has 1 aromatic carbocycles. The average molecular weight is 185 g/mol. The number of hydrogen-bond donors (Lipinski definition) is 1. The molecular formula is C11H11N3. The van der Waals surface area contributed by atoms with Crippen LogP contribution in [0.3, 0.4) is 0 Å². The highest BCUT2D eigenvalue weighted by atomic mass is 15.0. The third-order valence-electron chi connectivity index (χ3n) is 2.06. The topological polar surface area (TPSA) is 51.8 Å². The van der Waals surface area contributed by atoms with Crippen LogP contribution in [-0.2, 0) is 0 Å². The fourth-order valence-corrected chi connectivity index (χ4v) is 1.23. The van der Waals surface area contributed by atoms with Crippen molar-refractivity contribution in [2.45, 2.75) is 6.92 Å². The Kier molecular flexibility index (Phi) is 2.14. The van der Waals surface area contributed by atoms with Crippen molar-refractivity contribution in [1.82, 2.24) is 9.97 Å². The molecule has 0 radical (unpaired) electrons. The summed E-state index contributed by atoms with van der Waals surface area (Å²) in [5.41, 5.74) is 8.74. The Labute approximate surface area is 82.6 Å². The molecule has 2 aromatic rings. The Bertz CT molecular complexity index is 374. The van der Waals surface area contributed by atoms with E-state index in [0.717, 1.165) is 11.1 Å². The van der Waals surface area contributed by atoms with Gasteiger partial charge in [0.15, 0.2) is 0 Å². The van der Waals surface area contributed by atoms with Crippen LogP contribution in [0.2, 0.25) is 0 Å². The highest BCUT2D eigenvalue weighted by Gasteiger charge is 1.97. The first-order valence-corrected chi connectivity index (χ1v) is 4.40. The number of nitrogen functional groups attached to an aromatic ring is 1. The first-order valence-electron chi connectivity index (χ1n) is 4.40. The number of rotatable bonds is 1. The van der Waals surface area contributed by atoms with Crippen molar-refractivity contribution >= 4 is 5.95 Å². The first-order chi connectivity index (χ1) is 6.75. The van der Waals surface area contributed by atoms with E-state index in [4.69, 9.17) is 5.73 Å². The fraction of sp³-hybridized carbons (Fsp3) is 0.0909. The number of nitrogens with zero attached hydrogens (tertiary/aromatic N) is 2. The Morgan fingerprint density at radius 2 is 1.50 bits per heavy atom. The molecule has 1 heterocycles. The number of aromatic nitrogens is 2. The second-order valence-electron chi connectivity index (χ2n) is 3.20. The van der Waals surface area contributed by atoms with Crippen molar-refractivity contribution in [2.75, 3.05) is 5.73 Å². The minimum Gasteiger partial charge on any atom is -0.368 e. The third kappa shape index (κ3) is 1.71. The molecule has 70 valence electrons. The van der Waals surface area contributed by atoms with E-state index in [0.29, 0.717) is 5.95 Å². The summed E-state index contributed by atoms with van der Waals surface area (Å²) in [5, 5.41) is 0. The van der Waals surface area contributed by atoms with Gasteiger partial charge in [0.1, 0.15) is 0 Å². The van der Waals surface area contributed by atoms with E-state index >= 15 is 0 Å². The lowest BCUT2D eigenvalue weighted by atomic mass is 10.1. The summed E-state index contributed by atoms with van der Waals surface area (Å²) in [6.45, 7) is 2.06. The summed E-state index contributed by atoms with van der Waals surface area (Å²) in [6.07, 6.45) is 3.46. The Hall–Kier alpha value is -1.90. The molecule has 0 unspecified atom stereocenters. The maximum Gasteiger partial charge on any atom is 0.219 e. The molecule has 0 aliphatic carbocycles. The Morgan fingerprint density at radius 1 is 0.929 bits per heavy atom. The van der Waals surface area contributed by atoms with Crippen LogP contribution >= 0.6 is 0 Å². The van der Waals surface area contributed by atoms with Gasteiger partial charge in [0.05, 0.1) is 0 Å². The molecule has 2 rings (SSSR count). The van der Waals surface area contributed by atoms with Crippen LogP contribution in [0.4, 0.5) is 5.95 Å². The van der Waals surface area contributed by atoms with Crippen molar-refractivity contribution in [3.8, 4) is 11.1 Å². The quantitative estimate of drug-likeness (QED) is 0.739. The molecule has 0 amide bonds. The SMILES string of the molecule is Cc1ccc(-c2cnc(N)nc2)cc1. The van der Waals surface area contributed by atoms with Crippen molar-refractivity contribution in [1.29, 1.82) is 0 Å². The van der Waals surface area contributed by atoms with Crippen LogP contribution in [0, 0.1) is 6.92 Å². The molecular weight excluding hydrogens is 174 g/mol. The standard InChI is InChI=1S/C11H11N3/c1-8-2-4-9(5-3-8)10-6-13-11(12)14-7-10/h2-7H,1H3,(H2,12,13,14). The zero-order valence-electron chi connectivity index (χ0n) is 7.94. The van der Waals surface area contributed by atoms with Gasteiger partial charge in [-0.15, -0.1) is 0 Å². The van der Waals surface area contributed by atoms with Crippen LogP contribution in [0.15, 0.2) is 36.7 Å². The molecule has 0 bridgehead atoms. The maximum absolute atomic E-state index is 5.41. The normalized spacial score (nSPS) is 10.1. The zero-order chi connectivity index (χ0) is 9.97. The van der Waals surface area contributed by atoms with E-state index in [2.05, 4.69) is 29.0 Å². The van der Waals surface area contributed by atoms with E-state index in [1.54, 1.807) is 12.4 Å². The predicted octanol–water partition coefficient (Wildman–Crippen LogP) is 2.03. The molecule has 0 spiro atoms. The largest absolute Gasteiger partial charge is 0.368 e. The van der Waals surface area contributed by atoms with E-state index < -0.39 is 0 Å². The number of anilines is 1. The smallest absolute Gasteiger partial charge is 0.219 e. The molecule has 14 heavy (non-hydrogen) atoms. The van der Waals surface area contributed by atoms with Gasteiger partial charge >= 0.3 is 0 Å². The van der Waals surface area contributed by atoms with Crippen molar-refractivity contribution in [3.63, 3.8) is 0 Å². The molecule has 0 saturated carbocycles. The lowest BCUT2D eigenvalue weighted by molar-refractivity contribution is 1.19. The summed E-state index contributed by atoms with van der Waals surface area (Å²) in [5.74, 6) is 0.306. The summed E-state index contributed by atoms with van der Waals surface area (Å²) in [6, 6.07) is 8.21. The molecule has 3 heteroatoms.